The number of hydrogen-bond acceptors (Lipinski definition) is 7. The van der Waals surface area contributed by atoms with Crippen molar-refractivity contribution in [3.05, 3.63) is 35.9 Å². The standard InChI is InChI=1S/C35H50O7/c1-3-4-5-6-7-8-9-10-11-12-13-14-15-16-17-18-19-23-26-30(36)41-33-31(37)35(38-2)40-29-27-39-34(42-32(29)33)28-24-21-20-22-25-28/h20-22,24-25,29,31-35,37H,3-11,16-19,23,26-27H2,1-2H3/t29-,31-,32-,33-,34-,35+/m1/s1. The minimum Gasteiger partial charge on any atom is -0.456 e. The van der Waals surface area contributed by atoms with E-state index < -0.39 is 37.0 Å². The highest BCUT2D eigenvalue weighted by Crippen LogP contribution is 2.35. The number of unbranched alkanes of at least 4 members (excludes halogenated alkanes) is 12. The maximum absolute atomic E-state index is 12.7. The van der Waals surface area contributed by atoms with Crippen LogP contribution in [0.1, 0.15) is 115 Å². The molecule has 0 radical (unpaired) electrons. The molecule has 0 spiro atoms. The topological polar surface area (TPSA) is 83.5 Å². The summed E-state index contributed by atoms with van der Waals surface area (Å²) in [5.41, 5.74) is 0.847. The second-order valence-electron chi connectivity index (χ2n) is 11.1. The molecule has 0 aliphatic carbocycles. The molecule has 2 saturated heterocycles. The van der Waals surface area contributed by atoms with Gasteiger partial charge in [-0.3, -0.25) is 4.79 Å². The van der Waals surface area contributed by atoms with Gasteiger partial charge in [-0.05, 0) is 31.1 Å². The van der Waals surface area contributed by atoms with Crippen molar-refractivity contribution < 1.29 is 33.6 Å². The van der Waals surface area contributed by atoms with Crippen LogP contribution in [0.2, 0.25) is 0 Å². The van der Waals surface area contributed by atoms with Gasteiger partial charge in [-0.15, -0.1) is 0 Å². The van der Waals surface area contributed by atoms with Crippen LogP contribution >= 0.6 is 0 Å². The molecular weight excluding hydrogens is 532 g/mol. The fraction of sp³-hybridized carbons (Fsp3) is 0.686. The Balaban J connectivity index is 1.29. The minimum atomic E-state index is -1.17. The third-order valence-corrected chi connectivity index (χ3v) is 7.71. The van der Waals surface area contributed by atoms with Crippen LogP contribution in [0.3, 0.4) is 0 Å². The van der Waals surface area contributed by atoms with Crippen molar-refractivity contribution in [3.8, 4) is 23.7 Å². The monoisotopic (exact) mass is 582 g/mol. The summed E-state index contributed by atoms with van der Waals surface area (Å²) < 4.78 is 28.8. The lowest BCUT2D eigenvalue weighted by Crippen LogP contribution is -2.63. The molecule has 2 fully saturated rings. The summed E-state index contributed by atoms with van der Waals surface area (Å²) in [6, 6.07) is 9.53. The summed E-state index contributed by atoms with van der Waals surface area (Å²) in [5, 5.41) is 10.8. The highest BCUT2D eigenvalue weighted by Gasteiger charge is 2.51. The molecule has 0 bridgehead atoms. The molecule has 42 heavy (non-hydrogen) atoms. The Kier molecular flexibility index (Phi) is 16.6. The fourth-order valence-electron chi connectivity index (χ4n) is 5.28. The summed E-state index contributed by atoms with van der Waals surface area (Å²) in [6.07, 6.45) is 11.3. The number of aliphatic hydroxyl groups is 1. The first-order valence-corrected chi connectivity index (χ1v) is 16.0. The number of esters is 1. The van der Waals surface area contributed by atoms with E-state index in [0.29, 0.717) is 6.42 Å². The Morgan fingerprint density at radius 1 is 0.881 bits per heavy atom. The van der Waals surface area contributed by atoms with Crippen LogP contribution in [-0.4, -0.2) is 55.5 Å². The second-order valence-corrected chi connectivity index (χ2v) is 11.1. The van der Waals surface area contributed by atoms with Crippen LogP contribution in [0.5, 0.6) is 0 Å². The van der Waals surface area contributed by atoms with E-state index in [1.54, 1.807) is 0 Å². The summed E-state index contributed by atoms with van der Waals surface area (Å²) in [6.45, 7) is 2.49. The van der Waals surface area contributed by atoms with Gasteiger partial charge < -0.3 is 28.8 Å². The van der Waals surface area contributed by atoms with E-state index in [1.807, 2.05) is 30.3 Å². The van der Waals surface area contributed by atoms with Crippen molar-refractivity contribution in [3.63, 3.8) is 0 Å². The van der Waals surface area contributed by atoms with Gasteiger partial charge in [0, 0.05) is 31.9 Å². The molecule has 0 aromatic heterocycles. The van der Waals surface area contributed by atoms with Gasteiger partial charge in [-0.25, -0.2) is 0 Å². The van der Waals surface area contributed by atoms with Crippen LogP contribution < -0.4 is 0 Å². The van der Waals surface area contributed by atoms with E-state index in [9.17, 15) is 9.90 Å². The molecule has 1 aromatic rings. The van der Waals surface area contributed by atoms with Gasteiger partial charge in [0.2, 0.25) is 0 Å². The van der Waals surface area contributed by atoms with Crippen molar-refractivity contribution in [2.24, 2.45) is 0 Å². The summed E-state index contributed by atoms with van der Waals surface area (Å²) >= 11 is 0. The van der Waals surface area contributed by atoms with Crippen LogP contribution in [-0.2, 0) is 28.5 Å². The molecule has 0 amide bonds. The Morgan fingerprint density at radius 2 is 1.50 bits per heavy atom. The summed E-state index contributed by atoms with van der Waals surface area (Å²) in [4.78, 5) is 12.7. The number of benzene rings is 1. The first-order chi connectivity index (χ1) is 20.6. The zero-order valence-electron chi connectivity index (χ0n) is 25.6. The van der Waals surface area contributed by atoms with E-state index in [1.165, 1.54) is 58.5 Å². The third kappa shape index (κ3) is 12.1. The first-order valence-electron chi connectivity index (χ1n) is 16.0. The normalized spacial score (nSPS) is 24.9. The van der Waals surface area contributed by atoms with E-state index in [0.717, 1.165) is 37.7 Å². The zero-order valence-corrected chi connectivity index (χ0v) is 25.6. The predicted octanol–water partition coefficient (Wildman–Crippen LogP) is 6.62. The third-order valence-electron chi connectivity index (χ3n) is 7.71. The molecular formula is C35H50O7. The molecule has 7 nitrogen and oxygen atoms in total. The van der Waals surface area contributed by atoms with Crippen molar-refractivity contribution in [2.75, 3.05) is 13.7 Å². The number of fused-ring (bicyclic) bond motifs is 1. The molecule has 0 saturated carbocycles. The van der Waals surface area contributed by atoms with Crippen molar-refractivity contribution in [2.45, 2.75) is 140 Å². The van der Waals surface area contributed by atoms with Gasteiger partial charge in [0.25, 0.3) is 0 Å². The Morgan fingerprint density at radius 3 is 2.14 bits per heavy atom. The quantitative estimate of drug-likeness (QED) is 0.126. The van der Waals surface area contributed by atoms with E-state index in [2.05, 4.69) is 30.6 Å². The van der Waals surface area contributed by atoms with Gasteiger partial charge in [-0.2, -0.15) is 0 Å². The predicted molar refractivity (Wildman–Crippen MR) is 162 cm³/mol. The summed E-state index contributed by atoms with van der Waals surface area (Å²) in [5.74, 6) is 11.9. The van der Waals surface area contributed by atoms with Crippen molar-refractivity contribution in [1.82, 2.24) is 0 Å². The number of carbonyl (C=O) groups is 1. The summed E-state index contributed by atoms with van der Waals surface area (Å²) in [7, 11) is 1.44. The van der Waals surface area contributed by atoms with E-state index in [-0.39, 0.29) is 19.0 Å². The van der Waals surface area contributed by atoms with Crippen LogP contribution in [0, 0.1) is 23.7 Å². The number of methoxy groups -OCH3 is 1. The molecule has 1 N–H and O–H groups in total. The van der Waals surface area contributed by atoms with Gasteiger partial charge in [0.05, 0.1) is 6.61 Å². The Hall–Kier alpha value is -2.39. The number of carbonyl (C=O) groups excluding carboxylic acids is 1. The van der Waals surface area contributed by atoms with E-state index >= 15 is 0 Å². The average Bonchev–Trinajstić information content (AvgIpc) is 3.02. The lowest BCUT2D eigenvalue weighted by Gasteiger charge is -2.47. The highest BCUT2D eigenvalue weighted by atomic mass is 16.8. The highest BCUT2D eigenvalue weighted by molar-refractivity contribution is 5.69. The maximum Gasteiger partial charge on any atom is 0.306 e. The number of rotatable bonds is 17. The Labute approximate surface area is 253 Å². The van der Waals surface area contributed by atoms with E-state index in [4.69, 9.17) is 23.7 Å². The second kappa shape index (κ2) is 20.5. The molecule has 7 heteroatoms. The maximum atomic E-state index is 12.7. The zero-order chi connectivity index (χ0) is 29.8. The average molecular weight is 583 g/mol. The van der Waals surface area contributed by atoms with Gasteiger partial charge in [-0.1, -0.05) is 107 Å². The molecule has 2 aliphatic rings. The largest absolute Gasteiger partial charge is 0.456 e. The van der Waals surface area contributed by atoms with Gasteiger partial charge in [0.1, 0.15) is 18.3 Å². The number of aliphatic hydroxyl groups excluding tert-OH is 1. The molecule has 6 atom stereocenters. The van der Waals surface area contributed by atoms with Crippen LogP contribution in [0.15, 0.2) is 30.3 Å². The molecule has 2 aliphatic heterocycles. The van der Waals surface area contributed by atoms with Crippen LogP contribution in [0.25, 0.3) is 0 Å². The molecule has 1 aromatic carbocycles. The number of ether oxygens (including phenoxy) is 5. The lowest BCUT2D eigenvalue weighted by atomic mass is 9.97. The number of hydrogen-bond donors (Lipinski definition) is 1. The molecule has 232 valence electrons. The van der Waals surface area contributed by atoms with Crippen LogP contribution in [0.4, 0.5) is 0 Å². The molecule has 2 heterocycles. The lowest BCUT2D eigenvalue weighted by molar-refractivity contribution is -0.358. The smallest absolute Gasteiger partial charge is 0.306 e. The van der Waals surface area contributed by atoms with Gasteiger partial charge >= 0.3 is 5.97 Å². The molecule has 3 rings (SSSR count). The van der Waals surface area contributed by atoms with Crippen molar-refractivity contribution >= 4 is 5.97 Å². The van der Waals surface area contributed by atoms with Gasteiger partial charge in [0.15, 0.2) is 18.7 Å². The van der Waals surface area contributed by atoms with Crippen molar-refractivity contribution in [1.29, 1.82) is 0 Å². The molecule has 0 unspecified atom stereocenters. The SMILES string of the molecule is CCCCCCCCCCC#CC#CCCCCCCC(=O)O[C@@H]1[C@@H](O)[C@@H](OC)O[C@@H]2CO[C@@H](c3ccccc3)O[C@@H]12. The fourth-order valence-corrected chi connectivity index (χ4v) is 5.28. The first kappa shape index (κ1) is 34.1. The Bertz CT molecular complexity index is 1000. The minimum absolute atomic E-state index is 0.235.